The van der Waals surface area contributed by atoms with E-state index in [-0.39, 0.29) is 18.4 Å². The molecule has 0 aliphatic carbocycles. The van der Waals surface area contributed by atoms with Gasteiger partial charge in [0.15, 0.2) is 5.82 Å². The predicted octanol–water partition coefficient (Wildman–Crippen LogP) is 2.67. The molecule has 1 atom stereocenters. The summed E-state index contributed by atoms with van der Waals surface area (Å²) in [5.41, 5.74) is 1.30. The monoisotopic (exact) mass is 313 g/mol. The van der Waals surface area contributed by atoms with Gasteiger partial charge in [0.1, 0.15) is 0 Å². The van der Waals surface area contributed by atoms with Crippen molar-refractivity contribution in [1.29, 1.82) is 0 Å². The van der Waals surface area contributed by atoms with Gasteiger partial charge in [0.05, 0.1) is 11.7 Å². The van der Waals surface area contributed by atoms with Crippen LogP contribution in [0.2, 0.25) is 0 Å². The minimum Gasteiger partial charge on any atom is -0.391 e. The molecular weight excluding hydrogens is 290 g/mol. The van der Waals surface area contributed by atoms with Gasteiger partial charge in [-0.05, 0) is 5.92 Å². The molecule has 2 aromatic rings. The maximum absolute atomic E-state index is 12.1. The van der Waals surface area contributed by atoms with Gasteiger partial charge in [-0.15, -0.1) is 0 Å². The molecule has 0 aliphatic heterocycles. The Bertz CT molecular complexity index is 610. The third-order valence-electron chi connectivity index (χ3n) is 4.01. The number of nitrogens with one attached hydrogen (secondary N) is 1. The third kappa shape index (κ3) is 4.60. The topological polar surface area (TPSA) is 75.1 Å². The van der Waals surface area contributed by atoms with Crippen LogP contribution >= 0.6 is 0 Å². The lowest BCUT2D eigenvalue weighted by atomic mass is 9.96. The van der Waals surface area contributed by atoms with E-state index in [1.54, 1.807) is 0 Å². The van der Waals surface area contributed by atoms with E-state index in [2.05, 4.69) is 15.3 Å². The summed E-state index contributed by atoms with van der Waals surface area (Å²) < 4.78 is 0. The average Bonchev–Trinajstić information content (AvgIpc) is 2.61. The number of benzene rings is 1. The molecule has 0 aliphatic rings. The molecule has 0 fully saturated rings. The molecule has 0 bridgehead atoms. The Morgan fingerprint density at radius 3 is 2.30 bits per heavy atom. The highest BCUT2D eigenvalue weighted by molar-refractivity contribution is 5.93. The number of carbonyl (C=O) groups is 1. The number of rotatable bonds is 7. The standard InChI is InChI=1S/C18H23N3O2/c1-3-13(4-2)16(22)12-21-18(23)15-10-19-17(20-11-15)14-8-6-5-7-9-14/h5-11,13,16,22H,3-4,12H2,1-2H3,(H,21,23). The zero-order valence-electron chi connectivity index (χ0n) is 13.6. The van der Waals surface area contributed by atoms with Crippen molar-refractivity contribution in [2.75, 3.05) is 6.54 Å². The van der Waals surface area contributed by atoms with Crippen LogP contribution in [0.25, 0.3) is 11.4 Å². The van der Waals surface area contributed by atoms with Gasteiger partial charge < -0.3 is 10.4 Å². The average molecular weight is 313 g/mol. The molecule has 0 spiro atoms. The van der Waals surface area contributed by atoms with Gasteiger partial charge >= 0.3 is 0 Å². The van der Waals surface area contributed by atoms with E-state index >= 15 is 0 Å². The number of carbonyl (C=O) groups excluding carboxylic acids is 1. The first kappa shape index (κ1) is 17.1. The second-order valence-corrected chi connectivity index (χ2v) is 5.52. The first-order valence-electron chi connectivity index (χ1n) is 7.99. The Morgan fingerprint density at radius 1 is 1.13 bits per heavy atom. The Balaban J connectivity index is 1.95. The van der Waals surface area contributed by atoms with E-state index in [9.17, 15) is 9.90 Å². The SMILES string of the molecule is CCC(CC)C(O)CNC(=O)c1cnc(-c2ccccc2)nc1. The highest BCUT2D eigenvalue weighted by Gasteiger charge is 2.17. The summed E-state index contributed by atoms with van der Waals surface area (Å²) in [5, 5.41) is 12.8. The Morgan fingerprint density at radius 2 is 1.74 bits per heavy atom. The van der Waals surface area contributed by atoms with Gasteiger partial charge in [0.25, 0.3) is 5.91 Å². The number of nitrogens with zero attached hydrogens (tertiary/aromatic N) is 2. The van der Waals surface area contributed by atoms with Crippen molar-refractivity contribution in [2.24, 2.45) is 5.92 Å². The van der Waals surface area contributed by atoms with Crippen LogP contribution in [-0.2, 0) is 0 Å². The van der Waals surface area contributed by atoms with Gasteiger partial charge in [-0.3, -0.25) is 4.79 Å². The molecule has 5 nitrogen and oxygen atoms in total. The van der Waals surface area contributed by atoms with E-state index in [4.69, 9.17) is 0 Å². The van der Waals surface area contributed by atoms with Crippen molar-refractivity contribution in [3.8, 4) is 11.4 Å². The van der Waals surface area contributed by atoms with Crippen LogP contribution < -0.4 is 5.32 Å². The summed E-state index contributed by atoms with van der Waals surface area (Å²) in [7, 11) is 0. The lowest BCUT2D eigenvalue weighted by molar-refractivity contribution is 0.0816. The summed E-state index contributed by atoms with van der Waals surface area (Å²) in [6, 6.07) is 9.59. The second-order valence-electron chi connectivity index (χ2n) is 5.52. The van der Waals surface area contributed by atoms with E-state index in [1.807, 2.05) is 44.2 Å². The summed E-state index contributed by atoms with van der Waals surface area (Å²) >= 11 is 0. The molecule has 2 N–H and O–H groups in total. The summed E-state index contributed by atoms with van der Waals surface area (Å²) in [6.45, 7) is 4.32. The maximum atomic E-state index is 12.1. The predicted molar refractivity (Wildman–Crippen MR) is 89.9 cm³/mol. The molecule has 1 heterocycles. The van der Waals surface area contributed by atoms with Crippen molar-refractivity contribution in [3.63, 3.8) is 0 Å². The molecule has 1 aromatic carbocycles. The zero-order valence-corrected chi connectivity index (χ0v) is 13.6. The fourth-order valence-corrected chi connectivity index (χ4v) is 2.48. The van der Waals surface area contributed by atoms with E-state index in [0.717, 1.165) is 18.4 Å². The first-order chi connectivity index (χ1) is 11.2. The van der Waals surface area contributed by atoms with Crippen molar-refractivity contribution in [3.05, 3.63) is 48.3 Å². The first-order valence-corrected chi connectivity index (χ1v) is 7.99. The second kappa shape index (κ2) is 8.39. The number of aliphatic hydroxyl groups excluding tert-OH is 1. The highest BCUT2D eigenvalue weighted by Crippen LogP contribution is 2.14. The molecular formula is C18H23N3O2. The summed E-state index contributed by atoms with van der Waals surface area (Å²) in [6.07, 6.45) is 4.27. The molecule has 1 unspecified atom stereocenters. The van der Waals surface area contributed by atoms with Crippen LogP contribution in [0, 0.1) is 5.92 Å². The fraction of sp³-hybridized carbons (Fsp3) is 0.389. The molecule has 5 heteroatoms. The van der Waals surface area contributed by atoms with Gasteiger partial charge in [0, 0.05) is 24.5 Å². The van der Waals surface area contributed by atoms with Crippen LogP contribution in [0.1, 0.15) is 37.0 Å². The third-order valence-corrected chi connectivity index (χ3v) is 4.01. The molecule has 122 valence electrons. The van der Waals surface area contributed by atoms with Crippen LogP contribution in [0.4, 0.5) is 0 Å². The van der Waals surface area contributed by atoms with Gasteiger partial charge in [-0.2, -0.15) is 0 Å². The van der Waals surface area contributed by atoms with E-state index < -0.39 is 6.10 Å². The lowest BCUT2D eigenvalue weighted by Gasteiger charge is -2.20. The van der Waals surface area contributed by atoms with Crippen LogP contribution in [-0.4, -0.2) is 33.6 Å². The van der Waals surface area contributed by atoms with Crippen molar-refractivity contribution in [1.82, 2.24) is 15.3 Å². The molecule has 1 amide bonds. The number of amides is 1. The largest absolute Gasteiger partial charge is 0.391 e. The lowest BCUT2D eigenvalue weighted by Crippen LogP contribution is -2.36. The normalized spacial score (nSPS) is 12.2. The van der Waals surface area contributed by atoms with Gasteiger partial charge in [-0.25, -0.2) is 9.97 Å². The fourth-order valence-electron chi connectivity index (χ4n) is 2.48. The van der Waals surface area contributed by atoms with E-state index in [0.29, 0.717) is 11.4 Å². The quantitative estimate of drug-likeness (QED) is 0.824. The molecule has 0 radical (unpaired) electrons. The Hall–Kier alpha value is -2.27. The smallest absolute Gasteiger partial charge is 0.254 e. The Labute approximate surface area is 136 Å². The highest BCUT2D eigenvalue weighted by atomic mass is 16.3. The van der Waals surface area contributed by atoms with E-state index in [1.165, 1.54) is 12.4 Å². The molecule has 1 aromatic heterocycles. The van der Waals surface area contributed by atoms with Crippen LogP contribution in [0.15, 0.2) is 42.7 Å². The summed E-state index contributed by atoms with van der Waals surface area (Å²) in [5.74, 6) is 0.515. The number of aromatic nitrogens is 2. The van der Waals surface area contributed by atoms with Crippen molar-refractivity contribution in [2.45, 2.75) is 32.8 Å². The number of aliphatic hydroxyl groups is 1. The zero-order chi connectivity index (χ0) is 16.7. The van der Waals surface area contributed by atoms with Crippen molar-refractivity contribution < 1.29 is 9.90 Å². The van der Waals surface area contributed by atoms with Gasteiger partial charge in [-0.1, -0.05) is 57.0 Å². The number of hydrogen-bond donors (Lipinski definition) is 2. The van der Waals surface area contributed by atoms with Crippen LogP contribution in [0.5, 0.6) is 0 Å². The molecule has 0 saturated carbocycles. The number of hydrogen-bond acceptors (Lipinski definition) is 4. The molecule has 23 heavy (non-hydrogen) atoms. The summed E-state index contributed by atoms with van der Waals surface area (Å²) in [4.78, 5) is 20.6. The maximum Gasteiger partial charge on any atom is 0.254 e. The Kier molecular flexibility index (Phi) is 6.23. The molecule has 2 rings (SSSR count). The molecule has 0 saturated heterocycles. The minimum atomic E-state index is -0.529. The van der Waals surface area contributed by atoms with Crippen molar-refractivity contribution >= 4 is 5.91 Å². The van der Waals surface area contributed by atoms with Crippen LogP contribution in [0.3, 0.4) is 0 Å². The minimum absolute atomic E-state index is 0.201. The van der Waals surface area contributed by atoms with Gasteiger partial charge in [0.2, 0.25) is 0 Å².